The van der Waals surface area contributed by atoms with Crippen molar-refractivity contribution in [1.82, 2.24) is 10.2 Å². The lowest BCUT2D eigenvalue weighted by Gasteiger charge is -2.27. The Kier molecular flexibility index (Phi) is 6.34. The maximum atomic E-state index is 12.7. The van der Waals surface area contributed by atoms with Gasteiger partial charge in [-0.15, -0.1) is 6.58 Å². The maximum Gasteiger partial charge on any atom is 0.298 e. The Hall–Kier alpha value is -3.82. The van der Waals surface area contributed by atoms with Crippen LogP contribution < -0.4 is 10.2 Å². The molecule has 2 aromatic rings. The lowest BCUT2D eigenvalue weighted by atomic mass is 10.1. The summed E-state index contributed by atoms with van der Waals surface area (Å²) < 4.78 is 0. The molecule has 1 N–H and O–H groups in total. The third-order valence-corrected chi connectivity index (χ3v) is 6.04. The highest BCUT2D eigenvalue weighted by Crippen LogP contribution is 2.35. The Balaban J connectivity index is 1.55. The van der Waals surface area contributed by atoms with Crippen LogP contribution in [-0.4, -0.2) is 39.5 Å². The first-order valence-corrected chi connectivity index (χ1v) is 11.0. The molecule has 2 aromatic carbocycles. The number of amides is 4. The lowest BCUT2D eigenvalue weighted by Crippen LogP contribution is -2.53. The smallest absolute Gasteiger partial charge is 0.298 e. The van der Waals surface area contributed by atoms with Crippen molar-refractivity contribution in [2.45, 2.75) is 0 Å². The Labute approximate surface area is 199 Å². The van der Waals surface area contributed by atoms with Crippen molar-refractivity contribution in [3.63, 3.8) is 0 Å². The highest BCUT2D eigenvalue weighted by molar-refractivity contribution is 8.19. The maximum absolute atomic E-state index is 12.7. The average molecular weight is 476 g/mol. The minimum Gasteiger partial charge on any atom is -0.298 e. The standard InChI is InChI=1S/C24H17N3O4S2/c1-2-12-26-21(29)18(20(28)25-23(26)32)13-15-8-10-16(11-9-15)14-19-22(30)27(24(31)33-19)17-6-4-3-5-7-17/h2-11,13-14H,1,12H2,(H,25,28,32). The Morgan fingerprint density at radius 1 is 0.909 bits per heavy atom. The fraction of sp³-hybridized carbons (Fsp3) is 0.0417. The van der Waals surface area contributed by atoms with Crippen molar-refractivity contribution in [2.75, 3.05) is 11.4 Å². The van der Waals surface area contributed by atoms with Crippen LogP contribution in [0.5, 0.6) is 0 Å². The number of nitrogens with zero attached hydrogens (tertiary/aromatic N) is 2. The van der Waals surface area contributed by atoms with Gasteiger partial charge in [0.1, 0.15) is 5.57 Å². The van der Waals surface area contributed by atoms with Gasteiger partial charge in [-0.2, -0.15) is 0 Å². The first-order chi connectivity index (χ1) is 15.9. The van der Waals surface area contributed by atoms with Crippen molar-refractivity contribution >= 4 is 69.9 Å². The minimum atomic E-state index is -0.566. The molecule has 4 amide bonds. The summed E-state index contributed by atoms with van der Waals surface area (Å²) in [6, 6.07) is 15.6. The second-order valence-electron chi connectivity index (χ2n) is 7.04. The molecule has 33 heavy (non-hydrogen) atoms. The highest BCUT2D eigenvalue weighted by atomic mass is 32.2. The summed E-state index contributed by atoms with van der Waals surface area (Å²) in [4.78, 5) is 52.7. The van der Waals surface area contributed by atoms with E-state index >= 15 is 0 Å². The van der Waals surface area contributed by atoms with E-state index < -0.39 is 11.8 Å². The SMILES string of the molecule is C=CCN1C(=O)C(=Cc2ccc(C=C3SC(=O)N(c4ccccc4)C3=O)cc2)C(=O)NC1=S. The van der Waals surface area contributed by atoms with E-state index in [1.807, 2.05) is 6.07 Å². The summed E-state index contributed by atoms with van der Waals surface area (Å²) >= 11 is 5.91. The molecule has 4 rings (SSSR count). The summed E-state index contributed by atoms with van der Waals surface area (Å²) in [5, 5.41) is 2.18. The molecule has 0 spiro atoms. The number of hydrogen-bond acceptors (Lipinski definition) is 6. The summed E-state index contributed by atoms with van der Waals surface area (Å²) in [7, 11) is 0. The molecule has 0 aromatic heterocycles. The normalized spacial score (nSPS) is 19.0. The molecule has 2 aliphatic heterocycles. The van der Waals surface area contributed by atoms with Crippen LogP contribution in [0.3, 0.4) is 0 Å². The van der Waals surface area contributed by atoms with Gasteiger partial charge < -0.3 is 0 Å². The molecule has 0 bridgehead atoms. The number of nitrogens with one attached hydrogen (secondary N) is 1. The van der Waals surface area contributed by atoms with E-state index in [1.54, 1.807) is 54.6 Å². The van der Waals surface area contributed by atoms with E-state index in [9.17, 15) is 19.2 Å². The fourth-order valence-electron chi connectivity index (χ4n) is 3.26. The number of hydrogen-bond donors (Lipinski definition) is 1. The predicted molar refractivity (Wildman–Crippen MR) is 132 cm³/mol. The second kappa shape index (κ2) is 9.35. The third-order valence-electron chi connectivity index (χ3n) is 4.85. The largest absolute Gasteiger partial charge is 0.298 e. The zero-order valence-electron chi connectivity index (χ0n) is 17.2. The van der Waals surface area contributed by atoms with Gasteiger partial charge in [0.05, 0.1) is 10.6 Å². The minimum absolute atomic E-state index is 0.0396. The number of carbonyl (C=O) groups is 4. The summed E-state index contributed by atoms with van der Waals surface area (Å²) in [5.74, 6) is -1.45. The molecule has 0 atom stereocenters. The first kappa shape index (κ1) is 22.4. The molecule has 0 radical (unpaired) electrons. The van der Waals surface area contributed by atoms with Crippen molar-refractivity contribution in [3.05, 3.63) is 88.9 Å². The number of carbonyl (C=O) groups excluding carboxylic acids is 4. The van der Waals surface area contributed by atoms with Crippen molar-refractivity contribution in [1.29, 1.82) is 0 Å². The van der Waals surface area contributed by atoms with Gasteiger partial charge in [-0.05, 0) is 59.4 Å². The monoisotopic (exact) mass is 475 g/mol. The lowest BCUT2D eigenvalue weighted by molar-refractivity contribution is -0.128. The van der Waals surface area contributed by atoms with Crippen LogP contribution in [0.25, 0.3) is 12.2 Å². The molecule has 9 heteroatoms. The highest BCUT2D eigenvalue weighted by Gasteiger charge is 2.36. The summed E-state index contributed by atoms with van der Waals surface area (Å²) in [6.07, 6.45) is 4.63. The van der Waals surface area contributed by atoms with E-state index in [1.165, 1.54) is 17.1 Å². The van der Waals surface area contributed by atoms with Crippen LogP contribution in [0, 0.1) is 0 Å². The molecule has 2 heterocycles. The summed E-state index contributed by atoms with van der Waals surface area (Å²) in [6.45, 7) is 3.78. The van der Waals surface area contributed by atoms with Gasteiger partial charge in [0.15, 0.2) is 5.11 Å². The van der Waals surface area contributed by atoms with Crippen molar-refractivity contribution in [2.24, 2.45) is 0 Å². The van der Waals surface area contributed by atoms with Crippen LogP contribution in [0.15, 0.2) is 77.7 Å². The van der Waals surface area contributed by atoms with E-state index in [-0.39, 0.29) is 28.4 Å². The zero-order valence-corrected chi connectivity index (χ0v) is 18.8. The van der Waals surface area contributed by atoms with E-state index in [0.717, 1.165) is 16.7 Å². The molecule has 2 saturated heterocycles. The first-order valence-electron chi connectivity index (χ1n) is 9.82. The molecule has 0 aliphatic carbocycles. The Bertz CT molecular complexity index is 1250. The second-order valence-corrected chi connectivity index (χ2v) is 8.42. The number of rotatable bonds is 5. The molecule has 2 aliphatic rings. The molecule has 2 fully saturated rings. The van der Waals surface area contributed by atoms with Gasteiger partial charge in [-0.1, -0.05) is 48.5 Å². The topological polar surface area (TPSA) is 86.8 Å². The molecule has 0 unspecified atom stereocenters. The molecule has 0 saturated carbocycles. The number of para-hydroxylation sites is 1. The van der Waals surface area contributed by atoms with Gasteiger partial charge in [0, 0.05) is 6.54 Å². The molecule has 7 nitrogen and oxygen atoms in total. The van der Waals surface area contributed by atoms with Gasteiger partial charge in [0.25, 0.3) is 23.0 Å². The van der Waals surface area contributed by atoms with Gasteiger partial charge in [-0.25, -0.2) is 4.90 Å². The molecule has 164 valence electrons. The van der Waals surface area contributed by atoms with E-state index in [0.29, 0.717) is 21.7 Å². The predicted octanol–water partition coefficient (Wildman–Crippen LogP) is 3.74. The number of thiocarbonyl (C=S) groups is 1. The zero-order chi connectivity index (χ0) is 23.5. The quantitative estimate of drug-likeness (QED) is 0.307. The average Bonchev–Trinajstić information content (AvgIpc) is 3.08. The number of imide groups is 1. The number of thioether (sulfide) groups is 1. The van der Waals surface area contributed by atoms with Gasteiger partial charge >= 0.3 is 0 Å². The van der Waals surface area contributed by atoms with Crippen molar-refractivity contribution < 1.29 is 19.2 Å². The Morgan fingerprint density at radius 2 is 1.55 bits per heavy atom. The summed E-state index contributed by atoms with van der Waals surface area (Å²) in [5.41, 5.74) is 1.80. The molecular weight excluding hydrogens is 458 g/mol. The van der Waals surface area contributed by atoms with Gasteiger partial charge in [-0.3, -0.25) is 29.4 Å². The number of benzene rings is 2. The van der Waals surface area contributed by atoms with Crippen LogP contribution in [0.2, 0.25) is 0 Å². The molecular formula is C24H17N3O4S2. The number of anilines is 1. The Morgan fingerprint density at radius 3 is 2.18 bits per heavy atom. The van der Waals surface area contributed by atoms with Crippen LogP contribution in [-0.2, 0) is 14.4 Å². The van der Waals surface area contributed by atoms with Crippen LogP contribution in [0.4, 0.5) is 10.5 Å². The van der Waals surface area contributed by atoms with Crippen LogP contribution in [0.1, 0.15) is 11.1 Å². The van der Waals surface area contributed by atoms with Gasteiger partial charge in [0.2, 0.25) is 0 Å². The van der Waals surface area contributed by atoms with E-state index in [4.69, 9.17) is 12.2 Å². The van der Waals surface area contributed by atoms with Crippen LogP contribution >= 0.6 is 24.0 Å². The van der Waals surface area contributed by atoms with Crippen molar-refractivity contribution in [3.8, 4) is 0 Å². The van der Waals surface area contributed by atoms with E-state index in [2.05, 4.69) is 11.9 Å². The third kappa shape index (κ3) is 4.55. The fourth-order valence-corrected chi connectivity index (χ4v) is 4.35.